The van der Waals surface area contributed by atoms with Crippen LogP contribution in [0.25, 0.3) is 0 Å². The van der Waals surface area contributed by atoms with Gasteiger partial charge in [0, 0.05) is 17.9 Å². The van der Waals surface area contributed by atoms with Gasteiger partial charge in [-0.25, -0.2) is 0 Å². The number of fused-ring (bicyclic) bond motifs is 1. The molecule has 1 N–H and O–H groups in total. The van der Waals surface area contributed by atoms with Crippen LogP contribution in [-0.2, 0) is 10.5 Å². The highest BCUT2D eigenvalue weighted by Crippen LogP contribution is 2.52. The van der Waals surface area contributed by atoms with E-state index in [0.717, 1.165) is 12.0 Å². The summed E-state index contributed by atoms with van der Waals surface area (Å²) in [5.41, 5.74) is 0.338. The van der Waals surface area contributed by atoms with Gasteiger partial charge in [-0.15, -0.1) is 11.8 Å². The Hall–Kier alpha value is -3.15. The standard InChI is InChI=1S/C26H28N2O5S/c1-4-12-33-22-11-6-17(13-23(22)32-5-2)20-14-24(29)28-25(21(20)15-27)34-16-26(28,30)18-7-9-19(31-3)10-8-18/h6-11,13,20,30H,4-5,12,14,16H2,1-3H3. The molecule has 2 atom stereocenters. The Morgan fingerprint density at radius 3 is 2.59 bits per heavy atom. The molecule has 2 heterocycles. The predicted molar refractivity (Wildman–Crippen MR) is 130 cm³/mol. The van der Waals surface area contributed by atoms with Crippen molar-refractivity contribution in [2.24, 2.45) is 0 Å². The largest absolute Gasteiger partial charge is 0.497 e. The zero-order valence-electron chi connectivity index (χ0n) is 19.5. The van der Waals surface area contributed by atoms with Crippen LogP contribution in [0.5, 0.6) is 17.2 Å². The van der Waals surface area contributed by atoms with Gasteiger partial charge in [-0.3, -0.25) is 9.69 Å². The van der Waals surface area contributed by atoms with Crippen LogP contribution in [0, 0.1) is 11.3 Å². The number of amides is 1. The summed E-state index contributed by atoms with van der Waals surface area (Å²) < 4.78 is 16.8. The first-order valence-corrected chi connectivity index (χ1v) is 12.3. The molecule has 2 unspecified atom stereocenters. The van der Waals surface area contributed by atoms with E-state index in [1.165, 1.54) is 16.7 Å². The summed E-state index contributed by atoms with van der Waals surface area (Å²) in [7, 11) is 1.57. The summed E-state index contributed by atoms with van der Waals surface area (Å²) in [4.78, 5) is 14.8. The normalized spacial score (nSPS) is 21.8. The predicted octanol–water partition coefficient (Wildman–Crippen LogP) is 4.53. The molecule has 8 heteroatoms. The van der Waals surface area contributed by atoms with E-state index in [-0.39, 0.29) is 18.1 Å². The Bertz CT molecular complexity index is 1140. The highest BCUT2D eigenvalue weighted by Gasteiger charge is 2.51. The van der Waals surface area contributed by atoms with E-state index in [4.69, 9.17) is 14.2 Å². The topological polar surface area (TPSA) is 92.0 Å². The summed E-state index contributed by atoms with van der Waals surface area (Å²) >= 11 is 1.33. The van der Waals surface area contributed by atoms with Crippen molar-refractivity contribution in [1.29, 1.82) is 5.26 Å². The van der Waals surface area contributed by atoms with Gasteiger partial charge >= 0.3 is 0 Å². The third-order valence-electron chi connectivity index (χ3n) is 5.99. The second-order valence-corrected chi connectivity index (χ2v) is 9.10. The average molecular weight is 481 g/mol. The Morgan fingerprint density at radius 1 is 1.18 bits per heavy atom. The monoisotopic (exact) mass is 480 g/mol. The van der Waals surface area contributed by atoms with Crippen LogP contribution in [0.3, 0.4) is 0 Å². The first-order valence-electron chi connectivity index (χ1n) is 11.3. The van der Waals surface area contributed by atoms with Crippen LogP contribution < -0.4 is 14.2 Å². The summed E-state index contributed by atoms with van der Waals surface area (Å²) in [5.74, 6) is 1.49. The van der Waals surface area contributed by atoms with Crippen LogP contribution in [0.15, 0.2) is 53.1 Å². The van der Waals surface area contributed by atoms with Crippen molar-refractivity contribution in [2.45, 2.75) is 38.3 Å². The van der Waals surface area contributed by atoms with Gasteiger partial charge in [0.25, 0.3) is 0 Å². The average Bonchev–Trinajstić information content (AvgIpc) is 3.22. The fourth-order valence-corrected chi connectivity index (χ4v) is 5.68. The number of carbonyl (C=O) groups is 1. The van der Waals surface area contributed by atoms with Crippen molar-refractivity contribution in [3.63, 3.8) is 0 Å². The third kappa shape index (κ3) is 4.22. The molecule has 2 aliphatic rings. The van der Waals surface area contributed by atoms with Crippen molar-refractivity contribution in [2.75, 3.05) is 26.1 Å². The highest BCUT2D eigenvalue weighted by atomic mass is 32.2. The molecule has 1 saturated heterocycles. The number of nitriles is 1. The number of allylic oxidation sites excluding steroid dienone is 1. The van der Waals surface area contributed by atoms with Crippen molar-refractivity contribution < 1.29 is 24.1 Å². The van der Waals surface area contributed by atoms with E-state index in [1.54, 1.807) is 31.4 Å². The maximum absolute atomic E-state index is 13.4. The molecule has 0 saturated carbocycles. The number of hydrogen-bond donors (Lipinski definition) is 1. The van der Waals surface area contributed by atoms with Gasteiger partial charge in [0.15, 0.2) is 17.2 Å². The molecule has 2 aromatic rings. The molecular formula is C26H28N2O5S. The quantitative estimate of drug-likeness (QED) is 0.594. The first kappa shape index (κ1) is 24.0. The minimum atomic E-state index is -1.52. The summed E-state index contributed by atoms with van der Waals surface area (Å²) in [6.45, 7) is 4.98. The molecule has 0 radical (unpaired) electrons. The van der Waals surface area contributed by atoms with Gasteiger partial charge in [-0.2, -0.15) is 5.26 Å². The summed E-state index contributed by atoms with van der Waals surface area (Å²) in [6, 6.07) is 14.9. The minimum Gasteiger partial charge on any atom is -0.497 e. The smallest absolute Gasteiger partial charge is 0.231 e. The zero-order valence-corrected chi connectivity index (χ0v) is 20.4. The molecule has 1 fully saturated rings. The number of aliphatic hydroxyl groups is 1. The van der Waals surface area contributed by atoms with Crippen LogP contribution in [-0.4, -0.2) is 42.0 Å². The van der Waals surface area contributed by atoms with Gasteiger partial charge in [0.05, 0.1) is 42.7 Å². The molecule has 1 amide bonds. The van der Waals surface area contributed by atoms with E-state index >= 15 is 0 Å². The van der Waals surface area contributed by atoms with E-state index < -0.39 is 11.6 Å². The number of rotatable bonds is 8. The fourth-order valence-electron chi connectivity index (χ4n) is 4.32. The van der Waals surface area contributed by atoms with Crippen LogP contribution >= 0.6 is 11.8 Å². The van der Waals surface area contributed by atoms with E-state index in [0.29, 0.717) is 46.6 Å². The fraction of sp³-hybridized carbons (Fsp3) is 0.385. The van der Waals surface area contributed by atoms with Crippen molar-refractivity contribution >= 4 is 17.7 Å². The van der Waals surface area contributed by atoms with Crippen LogP contribution in [0.2, 0.25) is 0 Å². The Balaban J connectivity index is 1.72. The van der Waals surface area contributed by atoms with Gasteiger partial charge in [-0.05, 0) is 43.2 Å². The molecule has 0 aromatic heterocycles. The SMILES string of the molecule is CCCOc1ccc(C2CC(=O)N3C(=C2C#N)SCC3(O)c2ccc(OC)cc2)cc1OCC. The second-order valence-electron chi connectivity index (χ2n) is 8.14. The van der Waals surface area contributed by atoms with Gasteiger partial charge < -0.3 is 19.3 Å². The first-order chi connectivity index (χ1) is 16.5. The molecule has 178 valence electrons. The number of methoxy groups -OCH3 is 1. The molecule has 0 aliphatic carbocycles. The molecule has 0 spiro atoms. The zero-order chi connectivity index (χ0) is 24.3. The minimum absolute atomic E-state index is 0.0755. The lowest BCUT2D eigenvalue weighted by Gasteiger charge is -2.38. The molecular weight excluding hydrogens is 452 g/mol. The van der Waals surface area contributed by atoms with E-state index in [2.05, 4.69) is 6.07 Å². The Labute approximate surface area is 203 Å². The maximum Gasteiger partial charge on any atom is 0.231 e. The lowest BCUT2D eigenvalue weighted by atomic mass is 9.85. The number of benzene rings is 2. The summed E-state index contributed by atoms with van der Waals surface area (Å²) in [6.07, 6.45) is 0.950. The number of hydrogen-bond acceptors (Lipinski definition) is 7. The lowest BCUT2D eigenvalue weighted by molar-refractivity contribution is -0.149. The summed E-state index contributed by atoms with van der Waals surface area (Å²) in [5, 5.41) is 22.2. The van der Waals surface area contributed by atoms with Crippen molar-refractivity contribution in [3.8, 4) is 23.3 Å². The van der Waals surface area contributed by atoms with Gasteiger partial charge in [-0.1, -0.05) is 25.1 Å². The number of ether oxygens (including phenoxy) is 3. The Morgan fingerprint density at radius 2 is 1.94 bits per heavy atom. The number of thioether (sulfide) groups is 1. The number of nitrogens with zero attached hydrogens (tertiary/aromatic N) is 2. The molecule has 2 aromatic carbocycles. The third-order valence-corrected chi connectivity index (χ3v) is 7.22. The van der Waals surface area contributed by atoms with Crippen molar-refractivity contribution in [3.05, 3.63) is 64.2 Å². The van der Waals surface area contributed by atoms with Crippen molar-refractivity contribution in [1.82, 2.24) is 4.90 Å². The lowest BCUT2D eigenvalue weighted by Crippen LogP contribution is -2.48. The molecule has 2 aliphatic heterocycles. The number of carbonyl (C=O) groups excluding carboxylic acids is 1. The molecule has 0 bridgehead atoms. The van der Waals surface area contributed by atoms with E-state index in [9.17, 15) is 15.2 Å². The molecule has 4 rings (SSSR count). The maximum atomic E-state index is 13.4. The van der Waals surface area contributed by atoms with Crippen LogP contribution in [0.4, 0.5) is 0 Å². The second kappa shape index (κ2) is 10.00. The highest BCUT2D eigenvalue weighted by molar-refractivity contribution is 8.03. The molecule has 7 nitrogen and oxygen atoms in total. The van der Waals surface area contributed by atoms with Gasteiger partial charge in [0.1, 0.15) is 5.75 Å². The molecule has 34 heavy (non-hydrogen) atoms. The Kier molecular flexibility index (Phi) is 7.05. The van der Waals surface area contributed by atoms with Gasteiger partial charge in [0.2, 0.25) is 5.91 Å². The van der Waals surface area contributed by atoms with Crippen LogP contribution in [0.1, 0.15) is 43.7 Å². The van der Waals surface area contributed by atoms with E-state index in [1.807, 2.05) is 32.0 Å².